The molecule has 28 heavy (non-hydrogen) atoms. The third-order valence-electron chi connectivity index (χ3n) is 5.19. The van der Waals surface area contributed by atoms with E-state index in [2.05, 4.69) is 80.5 Å². The number of nitrogens with zero attached hydrogens (tertiary/aromatic N) is 4. The highest BCUT2D eigenvalue weighted by atomic mass is 15.2. The molecule has 1 aliphatic heterocycles. The van der Waals surface area contributed by atoms with Gasteiger partial charge in [-0.05, 0) is 49.6 Å². The van der Waals surface area contributed by atoms with Crippen molar-refractivity contribution < 1.29 is 0 Å². The summed E-state index contributed by atoms with van der Waals surface area (Å²) in [6.45, 7) is 6.19. The average molecular weight is 374 g/mol. The van der Waals surface area contributed by atoms with E-state index in [-0.39, 0.29) is 0 Å². The topological polar surface area (TPSA) is 44.3 Å². The van der Waals surface area contributed by atoms with Crippen molar-refractivity contribution >= 4 is 23.0 Å². The maximum absolute atomic E-state index is 4.48. The number of hydrogen-bond donors (Lipinski definition) is 1. The van der Waals surface area contributed by atoms with Crippen molar-refractivity contribution in [2.45, 2.75) is 26.3 Å². The van der Waals surface area contributed by atoms with Crippen molar-refractivity contribution in [1.82, 2.24) is 9.97 Å². The van der Waals surface area contributed by atoms with Gasteiger partial charge in [0, 0.05) is 43.6 Å². The molecule has 0 atom stereocenters. The molecule has 1 aliphatic rings. The van der Waals surface area contributed by atoms with E-state index in [1.807, 2.05) is 12.1 Å². The zero-order valence-electron chi connectivity index (χ0n) is 16.4. The highest BCUT2D eigenvalue weighted by Crippen LogP contribution is 2.24. The van der Waals surface area contributed by atoms with Crippen molar-refractivity contribution in [2.24, 2.45) is 0 Å². The first-order valence-electron chi connectivity index (χ1n) is 10.0. The molecule has 0 unspecified atom stereocenters. The summed E-state index contributed by atoms with van der Waals surface area (Å²) in [4.78, 5) is 13.6. The van der Waals surface area contributed by atoms with Gasteiger partial charge in [-0.1, -0.05) is 30.3 Å². The van der Waals surface area contributed by atoms with Crippen LogP contribution in [0.1, 0.15) is 25.3 Å². The van der Waals surface area contributed by atoms with Gasteiger partial charge in [-0.2, -0.15) is 0 Å². The van der Waals surface area contributed by atoms with Gasteiger partial charge in [0.1, 0.15) is 18.0 Å². The molecule has 144 valence electrons. The summed E-state index contributed by atoms with van der Waals surface area (Å²) in [5.41, 5.74) is 3.61. The molecule has 0 amide bonds. The first-order valence-corrected chi connectivity index (χ1v) is 10.0. The molecule has 0 aliphatic carbocycles. The lowest BCUT2D eigenvalue weighted by Crippen LogP contribution is -2.23. The summed E-state index contributed by atoms with van der Waals surface area (Å²) in [6, 6.07) is 21.1. The van der Waals surface area contributed by atoms with Gasteiger partial charge in [-0.25, -0.2) is 9.97 Å². The Balaban J connectivity index is 1.45. The average Bonchev–Trinajstić information content (AvgIpc) is 3.28. The Morgan fingerprint density at radius 2 is 1.71 bits per heavy atom. The Morgan fingerprint density at radius 1 is 0.964 bits per heavy atom. The van der Waals surface area contributed by atoms with Crippen LogP contribution >= 0.6 is 0 Å². The Bertz CT molecular complexity index is 873. The normalized spacial score (nSPS) is 13.5. The molecule has 1 aromatic heterocycles. The van der Waals surface area contributed by atoms with Crippen LogP contribution < -0.4 is 15.1 Å². The number of nitrogens with one attached hydrogen (secondary N) is 1. The van der Waals surface area contributed by atoms with E-state index in [1.54, 1.807) is 6.33 Å². The number of hydrogen-bond acceptors (Lipinski definition) is 5. The minimum Gasteiger partial charge on any atom is -0.372 e. The van der Waals surface area contributed by atoms with E-state index < -0.39 is 0 Å². The number of rotatable bonds is 7. The Hall–Kier alpha value is -3.08. The van der Waals surface area contributed by atoms with Crippen LogP contribution in [0.25, 0.3) is 0 Å². The van der Waals surface area contributed by atoms with E-state index in [0.29, 0.717) is 0 Å². The van der Waals surface area contributed by atoms with Crippen LogP contribution in [0.4, 0.5) is 23.0 Å². The van der Waals surface area contributed by atoms with E-state index in [0.717, 1.165) is 43.5 Å². The largest absolute Gasteiger partial charge is 0.372 e. The molecule has 1 saturated heterocycles. The monoisotopic (exact) mass is 373 g/mol. The summed E-state index contributed by atoms with van der Waals surface area (Å²) < 4.78 is 0. The molecule has 5 heteroatoms. The molecule has 0 saturated carbocycles. The van der Waals surface area contributed by atoms with Crippen LogP contribution in [-0.2, 0) is 6.54 Å². The van der Waals surface area contributed by atoms with E-state index in [9.17, 15) is 0 Å². The Kier molecular flexibility index (Phi) is 5.71. The molecule has 1 N–H and O–H groups in total. The number of benzene rings is 2. The van der Waals surface area contributed by atoms with Crippen LogP contribution in [0, 0.1) is 0 Å². The van der Waals surface area contributed by atoms with Gasteiger partial charge in [0.05, 0.1) is 0 Å². The van der Waals surface area contributed by atoms with Crippen LogP contribution in [0.2, 0.25) is 0 Å². The SMILES string of the molecule is CCN(Cc1ccccc1)c1cc(Nc2ccc(N3CCCC3)cc2)ncn1. The van der Waals surface area contributed by atoms with Gasteiger partial charge in [0.2, 0.25) is 0 Å². The van der Waals surface area contributed by atoms with Gasteiger partial charge >= 0.3 is 0 Å². The van der Waals surface area contributed by atoms with Crippen molar-refractivity contribution in [2.75, 3.05) is 34.8 Å². The molecule has 5 nitrogen and oxygen atoms in total. The molecular weight excluding hydrogens is 346 g/mol. The zero-order chi connectivity index (χ0) is 19.2. The van der Waals surface area contributed by atoms with Crippen molar-refractivity contribution in [3.05, 3.63) is 72.6 Å². The second-order valence-corrected chi connectivity index (χ2v) is 7.13. The highest BCUT2D eigenvalue weighted by Gasteiger charge is 2.12. The number of anilines is 4. The first-order chi connectivity index (χ1) is 13.8. The predicted molar refractivity (Wildman–Crippen MR) is 116 cm³/mol. The first kappa shape index (κ1) is 18.3. The molecule has 2 aromatic carbocycles. The number of aromatic nitrogens is 2. The minimum absolute atomic E-state index is 0.811. The standard InChI is InChI=1S/C23H27N5/c1-2-27(17-19-8-4-3-5-9-19)23-16-22(24-18-25-23)26-20-10-12-21(13-11-20)28-14-6-7-15-28/h3-5,8-13,16,18H,2,6-7,14-15,17H2,1H3,(H,24,25,26). The maximum atomic E-state index is 4.48. The van der Waals surface area contributed by atoms with Crippen molar-refractivity contribution in [3.8, 4) is 0 Å². The second-order valence-electron chi connectivity index (χ2n) is 7.13. The lowest BCUT2D eigenvalue weighted by molar-refractivity contribution is 0.810. The Labute approximate surface area is 167 Å². The molecule has 0 radical (unpaired) electrons. The summed E-state index contributed by atoms with van der Waals surface area (Å²) in [5, 5.41) is 3.41. The third-order valence-corrected chi connectivity index (χ3v) is 5.19. The molecule has 0 spiro atoms. The molecule has 4 rings (SSSR count). The predicted octanol–water partition coefficient (Wildman–Crippen LogP) is 4.85. The van der Waals surface area contributed by atoms with Gasteiger partial charge in [0.15, 0.2) is 0 Å². The summed E-state index contributed by atoms with van der Waals surface area (Å²) in [7, 11) is 0. The van der Waals surface area contributed by atoms with E-state index >= 15 is 0 Å². The fourth-order valence-corrected chi connectivity index (χ4v) is 3.63. The zero-order valence-corrected chi connectivity index (χ0v) is 16.4. The van der Waals surface area contributed by atoms with Crippen molar-refractivity contribution in [3.63, 3.8) is 0 Å². The molecule has 1 fully saturated rings. The van der Waals surface area contributed by atoms with Crippen LogP contribution in [0.5, 0.6) is 0 Å². The summed E-state index contributed by atoms with van der Waals surface area (Å²) in [5.74, 6) is 1.74. The van der Waals surface area contributed by atoms with Crippen LogP contribution in [0.15, 0.2) is 67.0 Å². The quantitative estimate of drug-likeness (QED) is 0.641. The fraction of sp³-hybridized carbons (Fsp3) is 0.304. The fourth-order valence-electron chi connectivity index (χ4n) is 3.63. The Morgan fingerprint density at radius 3 is 2.43 bits per heavy atom. The third kappa shape index (κ3) is 4.42. The summed E-state index contributed by atoms with van der Waals surface area (Å²) in [6.07, 6.45) is 4.21. The molecular formula is C23H27N5. The van der Waals surface area contributed by atoms with Crippen molar-refractivity contribution in [1.29, 1.82) is 0 Å². The molecule has 3 aromatic rings. The smallest absolute Gasteiger partial charge is 0.135 e. The van der Waals surface area contributed by atoms with Gasteiger partial charge in [0.25, 0.3) is 0 Å². The van der Waals surface area contributed by atoms with Crippen LogP contribution in [-0.4, -0.2) is 29.6 Å². The van der Waals surface area contributed by atoms with Gasteiger partial charge in [-0.3, -0.25) is 0 Å². The van der Waals surface area contributed by atoms with Crippen LogP contribution in [0.3, 0.4) is 0 Å². The van der Waals surface area contributed by atoms with Gasteiger partial charge < -0.3 is 15.1 Å². The molecule has 0 bridgehead atoms. The molecule has 2 heterocycles. The van der Waals surface area contributed by atoms with Gasteiger partial charge in [-0.15, -0.1) is 0 Å². The summed E-state index contributed by atoms with van der Waals surface area (Å²) >= 11 is 0. The minimum atomic E-state index is 0.811. The highest BCUT2D eigenvalue weighted by molar-refractivity contribution is 5.62. The lowest BCUT2D eigenvalue weighted by atomic mass is 10.2. The van der Waals surface area contributed by atoms with E-state index in [4.69, 9.17) is 0 Å². The maximum Gasteiger partial charge on any atom is 0.135 e. The van der Waals surface area contributed by atoms with E-state index in [1.165, 1.54) is 24.1 Å². The lowest BCUT2D eigenvalue weighted by Gasteiger charge is -2.22. The second kappa shape index (κ2) is 8.74.